The van der Waals surface area contributed by atoms with Crippen LogP contribution in [0.15, 0.2) is 24.3 Å². The van der Waals surface area contributed by atoms with Crippen LogP contribution < -0.4 is 0 Å². The smallest absolute Gasteiger partial charge is 0.228 e. The topological polar surface area (TPSA) is 34.1 Å². The molecule has 0 aromatic heterocycles. The standard InChI is InChI=1S/C8H5FO2/c9-7-4-2-1-3-6(7)8(11)5-10/h1-5H. The molecule has 0 unspecified atom stereocenters. The zero-order chi connectivity index (χ0) is 8.27. The van der Waals surface area contributed by atoms with E-state index in [1.807, 2.05) is 0 Å². The molecule has 0 N–H and O–H groups in total. The average molecular weight is 152 g/mol. The second-order valence-electron chi connectivity index (χ2n) is 1.96. The van der Waals surface area contributed by atoms with Crippen molar-refractivity contribution in [2.75, 3.05) is 0 Å². The third-order valence-corrected chi connectivity index (χ3v) is 1.25. The van der Waals surface area contributed by atoms with E-state index in [1.165, 1.54) is 18.2 Å². The molecule has 0 spiro atoms. The van der Waals surface area contributed by atoms with Gasteiger partial charge in [-0.05, 0) is 12.1 Å². The highest BCUT2D eigenvalue weighted by atomic mass is 19.1. The highest BCUT2D eigenvalue weighted by molar-refractivity contribution is 6.33. The van der Waals surface area contributed by atoms with E-state index in [1.54, 1.807) is 0 Å². The van der Waals surface area contributed by atoms with E-state index in [-0.39, 0.29) is 11.8 Å². The number of Topliss-reactive ketones (excluding diaryl/α,β-unsaturated/α-hetero) is 1. The van der Waals surface area contributed by atoms with Gasteiger partial charge in [-0.1, -0.05) is 12.1 Å². The van der Waals surface area contributed by atoms with E-state index in [4.69, 9.17) is 0 Å². The van der Waals surface area contributed by atoms with Gasteiger partial charge < -0.3 is 0 Å². The fourth-order valence-corrected chi connectivity index (χ4v) is 0.725. The fourth-order valence-electron chi connectivity index (χ4n) is 0.725. The van der Waals surface area contributed by atoms with Gasteiger partial charge in [-0.15, -0.1) is 0 Å². The second kappa shape index (κ2) is 3.05. The minimum absolute atomic E-state index is 0.0956. The lowest BCUT2D eigenvalue weighted by molar-refractivity contribution is -0.104. The van der Waals surface area contributed by atoms with Gasteiger partial charge in [0.25, 0.3) is 0 Å². The van der Waals surface area contributed by atoms with Gasteiger partial charge in [-0.25, -0.2) is 4.39 Å². The maximum absolute atomic E-state index is 12.6. The average Bonchev–Trinajstić information content (AvgIpc) is 2.04. The van der Waals surface area contributed by atoms with Crippen molar-refractivity contribution in [2.24, 2.45) is 0 Å². The summed E-state index contributed by atoms with van der Waals surface area (Å²) in [6.45, 7) is 0. The highest BCUT2D eigenvalue weighted by Crippen LogP contribution is 2.05. The zero-order valence-electron chi connectivity index (χ0n) is 5.58. The van der Waals surface area contributed by atoms with E-state index in [0.717, 1.165) is 6.07 Å². The Kier molecular flexibility index (Phi) is 2.11. The number of benzene rings is 1. The first-order valence-corrected chi connectivity index (χ1v) is 2.99. The monoisotopic (exact) mass is 152 g/mol. The van der Waals surface area contributed by atoms with Crippen LogP contribution in [-0.2, 0) is 4.79 Å². The number of rotatable bonds is 2. The van der Waals surface area contributed by atoms with Crippen molar-refractivity contribution in [3.05, 3.63) is 35.6 Å². The summed E-state index contributed by atoms with van der Waals surface area (Å²) in [6.07, 6.45) is 0.0956. The Bertz CT molecular complexity index is 294. The van der Waals surface area contributed by atoms with Crippen molar-refractivity contribution in [1.82, 2.24) is 0 Å². The molecule has 0 saturated carbocycles. The Morgan fingerprint density at radius 3 is 2.55 bits per heavy atom. The van der Waals surface area contributed by atoms with Crippen LogP contribution >= 0.6 is 0 Å². The van der Waals surface area contributed by atoms with Crippen LogP contribution in [0.3, 0.4) is 0 Å². The van der Waals surface area contributed by atoms with Crippen molar-refractivity contribution in [3.8, 4) is 0 Å². The Hall–Kier alpha value is -1.51. The number of hydrogen-bond acceptors (Lipinski definition) is 2. The first-order valence-electron chi connectivity index (χ1n) is 2.99. The van der Waals surface area contributed by atoms with Crippen molar-refractivity contribution < 1.29 is 14.0 Å². The molecule has 3 heteroatoms. The minimum Gasteiger partial charge on any atom is -0.294 e. The molecule has 0 atom stereocenters. The number of carbonyl (C=O) groups excluding carboxylic acids is 2. The lowest BCUT2D eigenvalue weighted by Crippen LogP contribution is -2.02. The summed E-state index contributed by atoms with van der Waals surface area (Å²) in [4.78, 5) is 20.6. The molecule has 0 heterocycles. The summed E-state index contributed by atoms with van der Waals surface area (Å²) in [5.41, 5.74) is -0.178. The Morgan fingerprint density at radius 2 is 2.00 bits per heavy atom. The van der Waals surface area contributed by atoms with Crippen molar-refractivity contribution >= 4 is 12.1 Å². The van der Waals surface area contributed by atoms with Crippen molar-refractivity contribution in [3.63, 3.8) is 0 Å². The molecular formula is C8H5FO2. The maximum Gasteiger partial charge on any atom is 0.228 e. The van der Waals surface area contributed by atoms with Crippen molar-refractivity contribution in [1.29, 1.82) is 0 Å². The molecule has 0 aliphatic carbocycles. The molecule has 1 aromatic rings. The lowest BCUT2D eigenvalue weighted by atomic mass is 10.1. The molecule has 0 bridgehead atoms. The van der Waals surface area contributed by atoms with Crippen LogP contribution in [0.4, 0.5) is 4.39 Å². The first kappa shape index (κ1) is 7.60. The van der Waals surface area contributed by atoms with Crippen LogP contribution in [0, 0.1) is 5.82 Å². The number of ketones is 1. The SMILES string of the molecule is O=CC(=O)c1ccccc1F. The van der Waals surface area contributed by atoms with Gasteiger partial charge in [0, 0.05) is 0 Å². The van der Waals surface area contributed by atoms with Crippen LogP contribution in [0.5, 0.6) is 0 Å². The van der Waals surface area contributed by atoms with E-state index in [2.05, 4.69) is 0 Å². The molecule has 2 nitrogen and oxygen atoms in total. The Morgan fingerprint density at radius 1 is 1.36 bits per heavy atom. The van der Waals surface area contributed by atoms with Gasteiger partial charge in [0.1, 0.15) is 5.82 Å². The molecule has 0 aliphatic heterocycles. The molecule has 0 radical (unpaired) electrons. The van der Waals surface area contributed by atoms with Gasteiger partial charge in [0.05, 0.1) is 5.56 Å². The predicted molar refractivity (Wildman–Crippen MR) is 36.8 cm³/mol. The molecule has 0 amide bonds. The summed E-state index contributed by atoms with van der Waals surface area (Å²) in [6, 6.07) is 5.36. The van der Waals surface area contributed by atoms with Gasteiger partial charge >= 0.3 is 0 Å². The molecule has 0 aliphatic rings. The van der Waals surface area contributed by atoms with Gasteiger partial charge in [0.2, 0.25) is 5.78 Å². The normalized spacial score (nSPS) is 9.18. The van der Waals surface area contributed by atoms with Gasteiger partial charge in [-0.2, -0.15) is 0 Å². The second-order valence-corrected chi connectivity index (χ2v) is 1.96. The minimum atomic E-state index is -0.830. The largest absolute Gasteiger partial charge is 0.294 e. The molecule has 56 valence electrons. The molecule has 11 heavy (non-hydrogen) atoms. The zero-order valence-corrected chi connectivity index (χ0v) is 5.58. The lowest BCUT2D eigenvalue weighted by Gasteiger charge is -1.93. The summed E-state index contributed by atoms with van der Waals surface area (Å²) in [5, 5.41) is 0. The molecule has 1 rings (SSSR count). The third-order valence-electron chi connectivity index (χ3n) is 1.25. The fraction of sp³-hybridized carbons (Fsp3) is 0. The summed E-state index contributed by atoms with van der Waals surface area (Å²) in [5.74, 6) is -1.49. The van der Waals surface area contributed by atoms with Crippen LogP contribution in [0.25, 0.3) is 0 Å². The molecule has 0 saturated heterocycles. The van der Waals surface area contributed by atoms with E-state index < -0.39 is 11.6 Å². The van der Waals surface area contributed by atoms with E-state index in [9.17, 15) is 14.0 Å². The van der Waals surface area contributed by atoms with E-state index in [0.29, 0.717) is 0 Å². The molecule has 1 aromatic carbocycles. The Labute approximate surface area is 62.6 Å². The number of aldehydes is 1. The van der Waals surface area contributed by atoms with Crippen LogP contribution in [0.2, 0.25) is 0 Å². The Balaban J connectivity index is 3.13. The van der Waals surface area contributed by atoms with Crippen LogP contribution in [0.1, 0.15) is 10.4 Å². The van der Waals surface area contributed by atoms with Gasteiger partial charge in [-0.3, -0.25) is 9.59 Å². The summed E-state index contributed by atoms with van der Waals surface area (Å²) >= 11 is 0. The first-order chi connectivity index (χ1) is 5.25. The number of halogens is 1. The summed E-state index contributed by atoms with van der Waals surface area (Å²) < 4.78 is 12.6. The quantitative estimate of drug-likeness (QED) is 0.362. The summed E-state index contributed by atoms with van der Waals surface area (Å²) in [7, 11) is 0. The van der Waals surface area contributed by atoms with Crippen LogP contribution in [-0.4, -0.2) is 12.1 Å². The number of hydrogen-bond donors (Lipinski definition) is 0. The van der Waals surface area contributed by atoms with Crippen molar-refractivity contribution in [2.45, 2.75) is 0 Å². The predicted octanol–water partition coefficient (Wildman–Crippen LogP) is 1.21. The van der Waals surface area contributed by atoms with E-state index >= 15 is 0 Å². The molecular weight excluding hydrogens is 147 g/mol. The molecule has 0 fully saturated rings. The maximum atomic E-state index is 12.6. The highest BCUT2D eigenvalue weighted by Gasteiger charge is 2.07. The third kappa shape index (κ3) is 1.49. The van der Waals surface area contributed by atoms with Gasteiger partial charge in [0.15, 0.2) is 6.29 Å². The number of carbonyl (C=O) groups is 2.